The first kappa shape index (κ1) is 20.3. The Kier molecular flexibility index (Phi) is 6.03. The smallest absolute Gasteiger partial charge is 0.340 e. The third-order valence-corrected chi connectivity index (χ3v) is 5.20. The number of rotatable bonds is 4. The number of alkyl halides is 3. The van der Waals surface area contributed by atoms with E-state index in [1.807, 2.05) is 6.92 Å². The Morgan fingerprint density at radius 1 is 0.964 bits per heavy atom. The number of benzene rings is 2. The summed E-state index contributed by atoms with van der Waals surface area (Å²) in [6.07, 6.45) is -4.10. The highest BCUT2D eigenvalue weighted by atomic mass is 19.4. The largest absolute Gasteiger partial charge is 0.416 e. The molecule has 2 aromatic carbocycles. The van der Waals surface area contributed by atoms with Crippen LogP contribution >= 0.6 is 0 Å². The summed E-state index contributed by atoms with van der Waals surface area (Å²) in [7, 11) is 0. The van der Waals surface area contributed by atoms with Crippen molar-refractivity contribution in [1.29, 1.82) is 0 Å². The van der Waals surface area contributed by atoms with Crippen molar-refractivity contribution in [2.45, 2.75) is 25.6 Å². The lowest BCUT2D eigenvalue weighted by Gasteiger charge is -2.38. The van der Waals surface area contributed by atoms with E-state index >= 15 is 0 Å². The third-order valence-electron chi connectivity index (χ3n) is 5.20. The average Bonchev–Trinajstić information content (AvgIpc) is 2.69. The van der Waals surface area contributed by atoms with Crippen molar-refractivity contribution >= 4 is 5.91 Å². The van der Waals surface area contributed by atoms with Crippen LogP contribution in [-0.4, -0.2) is 41.9 Å². The second kappa shape index (κ2) is 8.31. The standard InChI is InChI=1S/C21H22F4N2O/c1-15(17-4-6-18(7-5-17)21(23,24)25)26-10-12-27(13-11-26)20(28)14-16-2-8-19(22)9-3-16/h2-9,15H,10-14H2,1H3. The number of halogens is 4. The second-order valence-electron chi connectivity index (χ2n) is 7.02. The quantitative estimate of drug-likeness (QED) is 0.723. The van der Waals surface area contributed by atoms with Crippen LogP contribution in [0.15, 0.2) is 48.5 Å². The molecule has 28 heavy (non-hydrogen) atoms. The molecule has 0 N–H and O–H groups in total. The molecule has 0 spiro atoms. The normalized spacial score (nSPS) is 16.8. The predicted molar refractivity (Wildman–Crippen MR) is 98.1 cm³/mol. The molecule has 3 nitrogen and oxygen atoms in total. The number of hydrogen-bond acceptors (Lipinski definition) is 2. The highest BCUT2D eigenvalue weighted by molar-refractivity contribution is 5.78. The summed E-state index contributed by atoms with van der Waals surface area (Å²) in [6, 6.07) is 11.1. The lowest BCUT2D eigenvalue weighted by atomic mass is 10.0. The van der Waals surface area contributed by atoms with E-state index in [9.17, 15) is 22.4 Å². The van der Waals surface area contributed by atoms with E-state index < -0.39 is 11.7 Å². The van der Waals surface area contributed by atoms with Gasteiger partial charge in [-0.15, -0.1) is 0 Å². The molecule has 0 saturated carbocycles. The van der Waals surface area contributed by atoms with Gasteiger partial charge >= 0.3 is 6.18 Å². The molecular weight excluding hydrogens is 372 g/mol. The minimum absolute atomic E-state index is 0.00607. The molecule has 1 saturated heterocycles. The summed E-state index contributed by atoms with van der Waals surface area (Å²) in [4.78, 5) is 16.4. The highest BCUT2D eigenvalue weighted by Gasteiger charge is 2.30. The van der Waals surface area contributed by atoms with Gasteiger partial charge in [-0.25, -0.2) is 4.39 Å². The summed E-state index contributed by atoms with van der Waals surface area (Å²) in [5, 5.41) is 0. The maximum atomic E-state index is 13.0. The minimum atomic E-state index is -4.34. The van der Waals surface area contributed by atoms with Crippen molar-refractivity contribution in [2.75, 3.05) is 26.2 Å². The van der Waals surface area contributed by atoms with Gasteiger partial charge in [0.2, 0.25) is 5.91 Å². The number of carbonyl (C=O) groups excluding carboxylic acids is 1. The zero-order valence-electron chi connectivity index (χ0n) is 15.5. The van der Waals surface area contributed by atoms with Crippen LogP contribution < -0.4 is 0 Å². The number of carbonyl (C=O) groups is 1. The molecular formula is C21H22F4N2O. The van der Waals surface area contributed by atoms with Gasteiger partial charge in [-0.2, -0.15) is 13.2 Å². The van der Waals surface area contributed by atoms with Crippen molar-refractivity contribution in [3.63, 3.8) is 0 Å². The van der Waals surface area contributed by atoms with E-state index in [1.165, 1.54) is 24.3 Å². The Balaban J connectivity index is 1.54. The van der Waals surface area contributed by atoms with E-state index in [1.54, 1.807) is 17.0 Å². The molecule has 1 heterocycles. The number of piperazine rings is 1. The van der Waals surface area contributed by atoms with E-state index in [0.717, 1.165) is 23.3 Å². The van der Waals surface area contributed by atoms with E-state index in [2.05, 4.69) is 4.90 Å². The molecule has 1 atom stereocenters. The lowest BCUT2D eigenvalue weighted by Crippen LogP contribution is -2.49. The van der Waals surface area contributed by atoms with Crippen LogP contribution in [0.25, 0.3) is 0 Å². The van der Waals surface area contributed by atoms with Crippen LogP contribution in [0.1, 0.15) is 29.7 Å². The van der Waals surface area contributed by atoms with Crippen molar-refractivity contribution in [3.8, 4) is 0 Å². The van der Waals surface area contributed by atoms with Gasteiger partial charge in [0, 0.05) is 32.2 Å². The van der Waals surface area contributed by atoms with Gasteiger partial charge < -0.3 is 4.90 Å². The Hall–Kier alpha value is -2.41. The number of amides is 1. The topological polar surface area (TPSA) is 23.6 Å². The molecule has 0 aromatic heterocycles. The van der Waals surface area contributed by atoms with Crippen LogP contribution in [0.3, 0.4) is 0 Å². The molecule has 0 bridgehead atoms. The maximum Gasteiger partial charge on any atom is 0.416 e. The van der Waals surface area contributed by atoms with Crippen molar-refractivity contribution in [1.82, 2.24) is 9.80 Å². The fourth-order valence-electron chi connectivity index (χ4n) is 3.41. The van der Waals surface area contributed by atoms with Gasteiger partial charge in [-0.3, -0.25) is 9.69 Å². The summed E-state index contributed by atoms with van der Waals surface area (Å²) in [5.41, 5.74) is 0.936. The fourth-order valence-corrected chi connectivity index (χ4v) is 3.41. The molecule has 150 valence electrons. The van der Waals surface area contributed by atoms with Gasteiger partial charge in [0.25, 0.3) is 0 Å². The molecule has 1 amide bonds. The van der Waals surface area contributed by atoms with E-state index in [-0.39, 0.29) is 24.2 Å². The number of nitrogens with zero attached hydrogens (tertiary/aromatic N) is 2. The molecule has 1 aliphatic rings. The Labute approximate surface area is 161 Å². The molecule has 1 fully saturated rings. The van der Waals surface area contributed by atoms with Gasteiger partial charge in [-0.1, -0.05) is 24.3 Å². The van der Waals surface area contributed by atoms with Gasteiger partial charge in [0.05, 0.1) is 12.0 Å². The van der Waals surface area contributed by atoms with E-state index in [0.29, 0.717) is 26.2 Å². The van der Waals surface area contributed by atoms with Crippen LogP contribution in [0.4, 0.5) is 17.6 Å². The lowest BCUT2D eigenvalue weighted by molar-refractivity contribution is -0.137. The second-order valence-corrected chi connectivity index (χ2v) is 7.02. The SMILES string of the molecule is CC(c1ccc(C(F)(F)F)cc1)N1CCN(C(=O)Cc2ccc(F)cc2)CC1. The van der Waals surface area contributed by atoms with Gasteiger partial charge in [-0.05, 0) is 42.3 Å². The third kappa shape index (κ3) is 4.90. The average molecular weight is 394 g/mol. The molecule has 2 aromatic rings. The van der Waals surface area contributed by atoms with Gasteiger partial charge in [0.15, 0.2) is 0 Å². The highest BCUT2D eigenvalue weighted by Crippen LogP contribution is 2.31. The van der Waals surface area contributed by atoms with Crippen molar-refractivity contribution in [2.24, 2.45) is 0 Å². The van der Waals surface area contributed by atoms with Crippen LogP contribution in [0.5, 0.6) is 0 Å². The molecule has 3 rings (SSSR count). The fraction of sp³-hybridized carbons (Fsp3) is 0.381. The summed E-state index contributed by atoms with van der Waals surface area (Å²) in [5.74, 6) is -0.337. The summed E-state index contributed by atoms with van der Waals surface area (Å²) in [6.45, 7) is 4.38. The molecule has 7 heteroatoms. The Morgan fingerprint density at radius 2 is 1.54 bits per heavy atom. The van der Waals surface area contributed by atoms with Crippen molar-refractivity contribution < 1.29 is 22.4 Å². The summed E-state index contributed by atoms with van der Waals surface area (Å²) >= 11 is 0. The molecule has 1 aliphatic heterocycles. The predicted octanol–water partition coefficient (Wildman–Crippen LogP) is 4.29. The van der Waals surface area contributed by atoms with Crippen LogP contribution in [-0.2, 0) is 17.4 Å². The monoisotopic (exact) mass is 394 g/mol. The first-order chi connectivity index (χ1) is 13.2. The molecule has 1 unspecified atom stereocenters. The first-order valence-electron chi connectivity index (χ1n) is 9.17. The van der Waals surface area contributed by atoms with Crippen molar-refractivity contribution in [3.05, 3.63) is 71.0 Å². The maximum absolute atomic E-state index is 13.0. The molecule has 0 aliphatic carbocycles. The molecule has 0 radical (unpaired) electrons. The van der Waals surface area contributed by atoms with Gasteiger partial charge in [0.1, 0.15) is 5.82 Å². The zero-order valence-corrected chi connectivity index (χ0v) is 15.5. The Bertz CT molecular complexity index is 795. The Morgan fingerprint density at radius 3 is 2.07 bits per heavy atom. The van der Waals surface area contributed by atoms with Crippen LogP contribution in [0.2, 0.25) is 0 Å². The first-order valence-corrected chi connectivity index (χ1v) is 9.17. The van der Waals surface area contributed by atoms with Crippen LogP contribution in [0, 0.1) is 5.82 Å². The minimum Gasteiger partial charge on any atom is -0.340 e. The summed E-state index contributed by atoms with van der Waals surface area (Å²) < 4.78 is 51.1. The van der Waals surface area contributed by atoms with E-state index in [4.69, 9.17) is 0 Å². The number of hydrogen-bond donors (Lipinski definition) is 0. The zero-order chi connectivity index (χ0) is 20.3.